The van der Waals surface area contributed by atoms with Gasteiger partial charge in [-0.05, 0) is 74.1 Å². The van der Waals surface area contributed by atoms with Gasteiger partial charge in [0.05, 0.1) is 11.0 Å². The Kier molecular flexibility index (Phi) is 8.28. The van der Waals surface area contributed by atoms with Crippen molar-refractivity contribution in [2.75, 3.05) is 0 Å². The number of nitrogens with zero attached hydrogens (tertiary/aromatic N) is 7. The molecule has 5 aromatic carbocycles. The Morgan fingerprint density at radius 2 is 1.36 bits per heavy atom. The third kappa shape index (κ3) is 5.47. The summed E-state index contributed by atoms with van der Waals surface area (Å²) in [5.41, 5.74) is 8.72. The van der Waals surface area contributed by atoms with Crippen LogP contribution in [0.25, 0.3) is 44.8 Å². The molecule has 0 aliphatic carbocycles. The number of aryl methyl sites for hydroxylation is 2. The summed E-state index contributed by atoms with van der Waals surface area (Å²) in [5.74, 6) is 2.20. The molecule has 0 amide bonds. The number of furan rings is 1. The number of aromatic nitrogens is 7. The SMILES string of the molecule is CCc1nc2c(C)ccnc2n1Cc1ccc2oc(-c3ccccc3-c3nnn(C(c4ccccc4)(c4ccccc4)c4ccccc4)n3)c(Br)c2c1. The van der Waals surface area contributed by atoms with Gasteiger partial charge in [0.25, 0.3) is 0 Å². The average Bonchev–Trinajstić information content (AvgIpc) is 3.93. The highest BCUT2D eigenvalue weighted by molar-refractivity contribution is 9.10. The number of benzene rings is 5. The molecule has 4 aromatic heterocycles. The van der Waals surface area contributed by atoms with Crippen molar-refractivity contribution in [2.45, 2.75) is 32.4 Å². The largest absolute Gasteiger partial charge is 0.455 e. The molecule has 8 nitrogen and oxygen atoms in total. The molecule has 258 valence electrons. The molecule has 0 saturated carbocycles. The van der Waals surface area contributed by atoms with E-state index in [2.05, 4.69) is 82.9 Å². The molecular formula is C44H34BrN7O. The summed E-state index contributed by atoms with van der Waals surface area (Å²) in [6.07, 6.45) is 2.67. The first-order valence-electron chi connectivity index (χ1n) is 17.6. The van der Waals surface area contributed by atoms with Crippen LogP contribution in [-0.2, 0) is 18.5 Å². The van der Waals surface area contributed by atoms with Crippen molar-refractivity contribution in [3.05, 3.63) is 184 Å². The number of halogens is 1. The predicted molar refractivity (Wildman–Crippen MR) is 212 cm³/mol. The van der Waals surface area contributed by atoms with Crippen LogP contribution in [0.15, 0.2) is 155 Å². The van der Waals surface area contributed by atoms with Gasteiger partial charge in [-0.3, -0.25) is 0 Å². The van der Waals surface area contributed by atoms with Crippen LogP contribution in [-0.4, -0.2) is 34.7 Å². The lowest BCUT2D eigenvalue weighted by Gasteiger charge is -2.34. The molecule has 0 fully saturated rings. The number of fused-ring (bicyclic) bond motifs is 2. The van der Waals surface area contributed by atoms with E-state index in [4.69, 9.17) is 29.8 Å². The van der Waals surface area contributed by atoms with E-state index in [-0.39, 0.29) is 0 Å². The maximum atomic E-state index is 6.59. The molecule has 0 saturated heterocycles. The summed E-state index contributed by atoms with van der Waals surface area (Å²) in [6.45, 7) is 4.86. The fraction of sp³-hybridized carbons (Fsp3) is 0.114. The third-order valence-electron chi connectivity index (χ3n) is 9.96. The molecule has 0 N–H and O–H groups in total. The molecule has 0 radical (unpaired) electrons. The van der Waals surface area contributed by atoms with Crippen LogP contribution in [0.1, 0.15) is 40.6 Å². The molecule has 0 aliphatic heterocycles. The maximum absolute atomic E-state index is 6.59. The van der Waals surface area contributed by atoms with E-state index in [1.807, 2.05) is 97.2 Å². The Labute approximate surface area is 314 Å². The molecule has 4 heterocycles. The molecular weight excluding hydrogens is 722 g/mol. The molecule has 0 bridgehead atoms. The van der Waals surface area contributed by atoms with Crippen molar-refractivity contribution in [1.29, 1.82) is 0 Å². The number of hydrogen-bond acceptors (Lipinski definition) is 6. The second-order valence-electron chi connectivity index (χ2n) is 13.1. The number of imidazole rings is 1. The Hall–Kier alpha value is -6.19. The maximum Gasteiger partial charge on any atom is 0.205 e. The molecule has 53 heavy (non-hydrogen) atoms. The number of rotatable bonds is 9. The summed E-state index contributed by atoms with van der Waals surface area (Å²) in [6, 6.07) is 47.4. The molecule has 0 aliphatic rings. The van der Waals surface area contributed by atoms with Crippen LogP contribution in [0.3, 0.4) is 0 Å². The lowest BCUT2D eigenvalue weighted by Crippen LogP contribution is -2.39. The Balaban J connectivity index is 1.15. The van der Waals surface area contributed by atoms with Gasteiger partial charge < -0.3 is 8.98 Å². The van der Waals surface area contributed by atoms with Crippen molar-refractivity contribution < 1.29 is 4.42 Å². The smallest absolute Gasteiger partial charge is 0.205 e. The van der Waals surface area contributed by atoms with Gasteiger partial charge in [-0.2, -0.15) is 0 Å². The summed E-state index contributed by atoms with van der Waals surface area (Å²) >= 11 is 3.93. The van der Waals surface area contributed by atoms with Crippen molar-refractivity contribution in [3.8, 4) is 22.7 Å². The third-order valence-corrected chi connectivity index (χ3v) is 10.8. The monoisotopic (exact) mass is 755 g/mol. The van der Waals surface area contributed by atoms with E-state index >= 15 is 0 Å². The van der Waals surface area contributed by atoms with Crippen molar-refractivity contribution in [3.63, 3.8) is 0 Å². The fourth-order valence-electron chi connectivity index (χ4n) is 7.41. The molecule has 0 atom stereocenters. The number of hydrogen-bond donors (Lipinski definition) is 0. The van der Waals surface area contributed by atoms with Crippen LogP contribution >= 0.6 is 15.9 Å². The van der Waals surface area contributed by atoms with E-state index in [0.29, 0.717) is 18.1 Å². The van der Waals surface area contributed by atoms with Crippen LogP contribution in [0.5, 0.6) is 0 Å². The Morgan fingerprint density at radius 1 is 0.736 bits per heavy atom. The molecule has 9 heteroatoms. The van der Waals surface area contributed by atoms with E-state index < -0.39 is 5.54 Å². The van der Waals surface area contributed by atoms with Crippen LogP contribution in [0.2, 0.25) is 0 Å². The Bertz CT molecular complexity index is 2620. The van der Waals surface area contributed by atoms with Gasteiger partial charge in [-0.15, -0.1) is 15.0 Å². The summed E-state index contributed by atoms with van der Waals surface area (Å²) < 4.78 is 9.66. The fourth-order valence-corrected chi connectivity index (χ4v) is 8.02. The quantitative estimate of drug-likeness (QED) is 0.136. The zero-order valence-electron chi connectivity index (χ0n) is 29.2. The molecule has 9 aromatic rings. The predicted octanol–water partition coefficient (Wildman–Crippen LogP) is 10.0. The van der Waals surface area contributed by atoms with Gasteiger partial charge in [0.2, 0.25) is 5.82 Å². The standard InChI is InChI=1S/C44H34BrN7O/c1-3-38-47-40-29(2)25-26-46-43(40)51(38)28-30-23-24-37-36(27-30)39(45)41(53-37)34-21-13-14-22-35(34)42-48-50-52(49-42)44(31-15-7-4-8-16-31,32-17-9-5-10-18-32)33-19-11-6-12-20-33/h4-27H,3,28H2,1-2H3. The van der Waals surface area contributed by atoms with Gasteiger partial charge in [0.15, 0.2) is 11.2 Å². The van der Waals surface area contributed by atoms with Crippen LogP contribution in [0, 0.1) is 6.92 Å². The lowest BCUT2D eigenvalue weighted by atomic mass is 9.77. The van der Waals surface area contributed by atoms with E-state index in [1.54, 1.807) is 4.80 Å². The summed E-state index contributed by atoms with van der Waals surface area (Å²) in [4.78, 5) is 11.4. The van der Waals surface area contributed by atoms with Gasteiger partial charge in [-0.1, -0.05) is 128 Å². The van der Waals surface area contributed by atoms with Gasteiger partial charge in [0, 0.05) is 29.1 Å². The van der Waals surface area contributed by atoms with E-state index in [9.17, 15) is 0 Å². The molecule has 9 rings (SSSR count). The minimum Gasteiger partial charge on any atom is -0.455 e. The van der Waals surface area contributed by atoms with Gasteiger partial charge in [0.1, 0.15) is 22.7 Å². The highest BCUT2D eigenvalue weighted by Crippen LogP contribution is 2.43. The summed E-state index contributed by atoms with van der Waals surface area (Å²) in [7, 11) is 0. The van der Waals surface area contributed by atoms with Crippen molar-refractivity contribution in [1.82, 2.24) is 34.7 Å². The minimum absolute atomic E-state index is 0.489. The summed E-state index contributed by atoms with van der Waals surface area (Å²) in [5, 5.41) is 15.7. The zero-order chi connectivity index (χ0) is 35.9. The van der Waals surface area contributed by atoms with E-state index in [0.717, 1.165) is 77.8 Å². The normalized spacial score (nSPS) is 11.8. The van der Waals surface area contributed by atoms with Crippen molar-refractivity contribution >= 4 is 38.1 Å². The first-order valence-corrected chi connectivity index (χ1v) is 18.4. The molecule has 0 unspecified atom stereocenters. The highest BCUT2D eigenvalue weighted by atomic mass is 79.9. The van der Waals surface area contributed by atoms with Gasteiger partial charge in [-0.25, -0.2) is 9.97 Å². The average molecular weight is 757 g/mol. The first kappa shape index (κ1) is 32.7. The highest BCUT2D eigenvalue weighted by Gasteiger charge is 2.41. The topological polar surface area (TPSA) is 87.5 Å². The zero-order valence-corrected chi connectivity index (χ0v) is 30.8. The lowest BCUT2D eigenvalue weighted by molar-refractivity contribution is 0.396. The van der Waals surface area contributed by atoms with Gasteiger partial charge >= 0.3 is 0 Å². The number of tetrazole rings is 1. The molecule has 0 spiro atoms. The van der Waals surface area contributed by atoms with E-state index in [1.165, 1.54) is 0 Å². The first-order chi connectivity index (χ1) is 26.1. The number of pyridine rings is 1. The second kappa shape index (κ2) is 13.4. The van der Waals surface area contributed by atoms with Crippen molar-refractivity contribution in [2.24, 2.45) is 0 Å². The minimum atomic E-state index is -0.882. The Morgan fingerprint density at radius 3 is 2.00 bits per heavy atom. The van der Waals surface area contributed by atoms with Crippen LogP contribution < -0.4 is 0 Å². The van der Waals surface area contributed by atoms with Crippen LogP contribution in [0.4, 0.5) is 0 Å². The second-order valence-corrected chi connectivity index (χ2v) is 13.9.